The molecule has 158 valence electrons. The van der Waals surface area contributed by atoms with Gasteiger partial charge in [-0.05, 0) is 25.0 Å². The lowest BCUT2D eigenvalue weighted by Gasteiger charge is -2.34. The van der Waals surface area contributed by atoms with Crippen molar-refractivity contribution >= 4 is 17.8 Å². The molecule has 0 radical (unpaired) electrons. The number of carbonyl (C=O) groups is 2. The Morgan fingerprint density at radius 3 is 2.67 bits per heavy atom. The minimum absolute atomic E-state index is 0.173. The van der Waals surface area contributed by atoms with Crippen LogP contribution >= 0.6 is 0 Å². The maximum atomic E-state index is 12.4. The highest BCUT2D eigenvalue weighted by molar-refractivity contribution is 5.81. The van der Waals surface area contributed by atoms with E-state index in [-0.39, 0.29) is 36.0 Å². The second-order valence-corrected chi connectivity index (χ2v) is 7.12. The van der Waals surface area contributed by atoms with Gasteiger partial charge in [0.1, 0.15) is 6.07 Å². The summed E-state index contributed by atoms with van der Waals surface area (Å²) in [6.45, 7) is 2.63. The molecule has 0 unspecified atom stereocenters. The molecule has 0 saturated carbocycles. The number of furan rings is 1. The third-order valence-electron chi connectivity index (χ3n) is 5.26. The molecule has 0 spiro atoms. The van der Waals surface area contributed by atoms with Crippen LogP contribution in [0, 0.1) is 17.2 Å². The second-order valence-electron chi connectivity index (χ2n) is 7.12. The normalized spacial score (nSPS) is 17.6. The number of carbonyl (C=O) groups excluding carboxylic acids is 2. The summed E-state index contributed by atoms with van der Waals surface area (Å²) in [7, 11) is 0. The minimum Gasteiger partial charge on any atom is -0.459 e. The van der Waals surface area contributed by atoms with Gasteiger partial charge in [0.05, 0.1) is 12.2 Å². The SMILES string of the molecule is N#Cc1nc(-c2ccco2)oc1N1CCN(C(=O)COC(=O)C2CCOCC2)CC1. The van der Waals surface area contributed by atoms with Crippen molar-refractivity contribution in [2.24, 2.45) is 5.92 Å². The molecule has 10 nitrogen and oxygen atoms in total. The Bertz CT molecular complexity index is 918. The maximum absolute atomic E-state index is 12.4. The number of nitriles is 1. The van der Waals surface area contributed by atoms with E-state index < -0.39 is 0 Å². The number of hydrogen-bond acceptors (Lipinski definition) is 9. The van der Waals surface area contributed by atoms with Crippen LogP contribution in [0.25, 0.3) is 11.7 Å². The molecular weight excluding hydrogens is 392 g/mol. The van der Waals surface area contributed by atoms with Crippen LogP contribution in [0.5, 0.6) is 0 Å². The molecule has 1 amide bonds. The van der Waals surface area contributed by atoms with E-state index in [2.05, 4.69) is 4.98 Å². The molecule has 0 atom stereocenters. The van der Waals surface area contributed by atoms with Crippen molar-refractivity contribution in [1.82, 2.24) is 9.88 Å². The van der Waals surface area contributed by atoms with E-state index in [9.17, 15) is 14.9 Å². The van der Waals surface area contributed by atoms with Crippen molar-refractivity contribution in [3.05, 3.63) is 24.1 Å². The molecule has 2 fully saturated rings. The first kappa shape index (κ1) is 20.0. The fourth-order valence-corrected chi connectivity index (χ4v) is 3.54. The highest BCUT2D eigenvalue weighted by atomic mass is 16.5. The van der Waals surface area contributed by atoms with Crippen molar-refractivity contribution in [2.75, 3.05) is 50.9 Å². The van der Waals surface area contributed by atoms with Crippen LogP contribution < -0.4 is 4.90 Å². The topological polar surface area (TPSA) is 122 Å². The number of nitrogens with zero attached hydrogens (tertiary/aromatic N) is 4. The highest BCUT2D eigenvalue weighted by Gasteiger charge is 2.28. The summed E-state index contributed by atoms with van der Waals surface area (Å²) in [6.07, 6.45) is 2.76. The van der Waals surface area contributed by atoms with E-state index in [1.165, 1.54) is 6.26 Å². The van der Waals surface area contributed by atoms with E-state index in [1.54, 1.807) is 17.0 Å². The fraction of sp³-hybridized carbons (Fsp3) is 0.500. The molecule has 30 heavy (non-hydrogen) atoms. The van der Waals surface area contributed by atoms with Gasteiger partial charge in [0.15, 0.2) is 12.4 Å². The van der Waals surface area contributed by atoms with Crippen LogP contribution in [0.2, 0.25) is 0 Å². The first-order valence-corrected chi connectivity index (χ1v) is 9.87. The van der Waals surface area contributed by atoms with Gasteiger partial charge in [0.25, 0.3) is 11.8 Å². The van der Waals surface area contributed by atoms with E-state index in [4.69, 9.17) is 18.3 Å². The van der Waals surface area contributed by atoms with Crippen molar-refractivity contribution in [1.29, 1.82) is 5.26 Å². The first-order valence-electron chi connectivity index (χ1n) is 9.87. The lowest BCUT2D eigenvalue weighted by Crippen LogP contribution is -2.50. The number of aromatic nitrogens is 1. The lowest BCUT2D eigenvalue weighted by atomic mass is 10.0. The van der Waals surface area contributed by atoms with Gasteiger partial charge in [0, 0.05) is 39.4 Å². The minimum atomic E-state index is -0.337. The van der Waals surface area contributed by atoms with Gasteiger partial charge in [0.2, 0.25) is 11.6 Å². The standard InChI is InChI=1S/C20H22N4O6/c21-12-15-19(30-18(22-15)16-2-1-9-28-16)24-7-5-23(6-8-24)17(25)13-29-20(26)14-3-10-27-11-4-14/h1-2,9,14H,3-8,10-11,13H2. The van der Waals surface area contributed by atoms with Gasteiger partial charge < -0.3 is 28.1 Å². The van der Waals surface area contributed by atoms with Gasteiger partial charge in [-0.1, -0.05) is 0 Å². The molecule has 4 rings (SSSR count). The number of anilines is 1. The molecule has 2 aromatic heterocycles. The lowest BCUT2D eigenvalue weighted by molar-refractivity contribution is -0.158. The Hall–Kier alpha value is -3.32. The predicted molar refractivity (Wildman–Crippen MR) is 102 cm³/mol. The second kappa shape index (κ2) is 9.00. The van der Waals surface area contributed by atoms with E-state index in [1.807, 2.05) is 11.0 Å². The molecule has 0 aromatic carbocycles. The molecule has 0 bridgehead atoms. The van der Waals surface area contributed by atoms with Gasteiger partial charge in [-0.15, -0.1) is 0 Å². The Kier molecular flexibility index (Phi) is 5.99. The molecular formula is C20H22N4O6. The monoisotopic (exact) mass is 414 g/mol. The summed E-state index contributed by atoms with van der Waals surface area (Å²) >= 11 is 0. The molecule has 0 N–H and O–H groups in total. The van der Waals surface area contributed by atoms with Crippen molar-refractivity contribution < 1.29 is 27.9 Å². The average Bonchev–Trinajstić information content (AvgIpc) is 3.47. The van der Waals surface area contributed by atoms with Gasteiger partial charge in [-0.3, -0.25) is 9.59 Å². The Morgan fingerprint density at radius 2 is 2.00 bits per heavy atom. The number of oxazole rings is 1. The third kappa shape index (κ3) is 4.31. The molecule has 10 heteroatoms. The Morgan fingerprint density at radius 1 is 1.23 bits per heavy atom. The zero-order chi connectivity index (χ0) is 20.9. The summed E-state index contributed by atoms with van der Waals surface area (Å²) in [5.41, 5.74) is 0.173. The van der Waals surface area contributed by atoms with Crippen LogP contribution in [0.1, 0.15) is 18.5 Å². The molecule has 2 aliphatic heterocycles. The summed E-state index contributed by atoms with van der Waals surface area (Å²) in [4.78, 5) is 32.2. The zero-order valence-electron chi connectivity index (χ0n) is 16.4. The smallest absolute Gasteiger partial charge is 0.309 e. The number of esters is 1. The number of piperazine rings is 1. The van der Waals surface area contributed by atoms with Crippen LogP contribution in [-0.4, -0.2) is 67.8 Å². The quantitative estimate of drug-likeness (QED) is 0.669. The van der Waals surface area contributed by atoms with Gasteiger partial charge in [-0.2, -0.15) is 10.2 Å². The first-order chi connectivity index (χ1) is 14.7. The highest BCUT2D eigenvalue weighted by Crippen LogP contribution is 2.29. The van der Waals surface area contributed by atoms with Gasteiger partial charge in [-0.25, -0.2) is 0 Å². The number of amides is 1. The van der Waals surface area contributed by atoms with Crippen molar-refractivity contribution in [3.63, 3.8) is 0 Å². The van der Waals surface area contributed by atoms with E-state index in [0.29, 0.717) is 63.9 Å². The van der Waals surface area contributed by atoms with Crippen LogP contribution in [0.4, 0.5) is 5.88 Å². The third-order valence-corrected chi connectivity index (χ3v) is 5.26. The summed E-state index contributed by atoms with van der Waals surface area (Å²) < 4.78 is 21.5. The molecule has 2 aromatic rings. The van der Waals surface area contributed by atoms with Crippen molar-refractivity contribution in [3.8, 4) is 17.7 Å². The fourth-order valence-electron chi connectivity index (χ4n) is 3.54. The zero-order valence-corrected chi connectivity index (χ0v) is 16.4. The Labute approximate surface area is 172 Å². The van der Waals surface area contributed by atoms with E-state index >= 15 is 0 Å². The summed E-state index contributed by atoms with van der Waals surface area (Å²) in [6, 6.07) is 5.45. The summed E-state index contributed by atoms with van der Waals surface area (Å²) in [5.74, 6) is 0.285. The number of ether oxygens (including phenoxy) is 2. The maximum Gasteiger partial charge on any atom is 0.309 e. The number of rotatable bonds is 5. The molecule has 4 heterocycles. The predicted octanol–water partition coefficient (Wildman–Crippen LogP) is 1.42. The van der Waals surface area contributed by atoms with Crippen LogP contribution in [0.15, 0.2) is 27.2 Å². The van der Waals surface area contributed by atoms with Crippen LogP contribution in [-0.2, 0) is 19.1 Å². The molecule has 2 aliphatic rings. The number of hydrogen-bond donors (Lipinski definition) is 0. The van der Waals surface area contributed by atoms with Crippen LogP contribution in [0.3, 0.4) is 0 Å². The summed E-state index contributed by atoms with van der Waals surface area (Å²) in [5, 5.41) is 9.38. The molecule has 0 aliphatic carbocycles. The van der Waals surface area contributed by atoms with Gasteiger partial charge >= 0.3 is 5.97 Å². The Balaban J connectivity index is 1.30. The van der Waals surface area contributed by atoms with Crippen molar-refractivity contribution in [2.45, 2.75) is 12.8 Å². The molecule has 2 saturated heterocycles. The average molecular weight is 414 g/mol. The largest absolute Gasteiger partial charge is 0.459 e. The van der Waals surface area contributed by atoms with E-state index in [0.717, 1.165) is 0 Å².